The van der Waals surface area contributed by atoms with Crippen molar-refractivity contribution < 1.29 is 0 Å². The summed E-state index contributed by atoms with van der Waals surface area (Å²) in [7, 11) is 0. The maximum atomic E-state index is 11.7. The first-order valence-corrected chi connectivity index (χ1v) is 6.45. The average molecular weight is 266 g/mol. The predicted octanol–water partition coefficient (Wildman–Crippen LogP) is 1.76. The number of hydrogen-bond acceptors (Lipinski definition) is 3. The van der Waals surface area contributed by atoms with E-state index in [0.29, 0.717) is 22.8 Å². The van der Waals surface area contributed by atoms with Gasteiger partial charge in [-0.3, -0.25) is 9.78 Å². The summed E-state index contributed by atoms with van der Waals surface area (Å²) >= 11 is 5.20. The lowest BCUT2D eigenvalue weighted by Gasteiger charge is -2.16. The number of H-pyrrole nitrogens is 2. The summed E-state index contributed by atoms with van der Waals surface area (Å²) in [5.74, 6) is 0.540. The quantitative estimate of drug-likeness (QED) is 0.738. The molecule has 0 aliphatic heterocycles. The highest BCUT2D eigenvalue weighted by Crippen LogP contribution is 2.11. The standard InChI is InChI=1S/C12H18N4OS/c1-7(2)5-8(13)6-16-9-3-4-14-10(9)11(17)15-12(16)18/h3-4,7-8,14H,5-6,13H2,1-2H3,(H,15,17,18). The predicted molar refractivity (Wildman–Crippen MR) is 75.2 cm³/mol. The van der Waals surface area contributed by atoms with E-state index < -0.39 is 0 Å². The van der Waals surface area contributed by atoms with Crippen molar-refractivity contribution in [2.24, 2.45) is 11.7 Å². The number of aromatic amines is 2. The molecule has 0 spiro atoms. The smallest absolute Gasteiger partial charge is 0.276 e. The van der Waals surface area contributed by atoms with E-state index in [-0.39, 0.29) is 11.6 Å². The van der Waals surface area contributed by atoms with Crippen LogP contribution in [0.3, 0.4) is 0 Å². The fourth-order valence-electron chi connectivity index (χ4n) is 2.20. The molecule has 6 heteroatoms. The summed E-state index contributed by atoms with van der Waals surface area (Å²) in [6.45, 7) is 4.89. The highest BCUT2D eigenvalue weighted by molar-refractivity contribution is 7.71. The van der Waals surface area contributed by atoms with Crippen LogP contribution in [-0.2, 0) is 6.54 Å². The van der Waals surface area contributed by atoms with Crippen molar-refractivity contribution in [2.45, 2.75) is 32.9 Å². The van der Waals surface area contributed by atoms with Gasteiger partial charge >= 0.3 is 0 Å². The van der Waals surface area contributed by atoms with Crippen LogP contribution >= 0.6 is 12.2 Å². The summed E-state index contributed by atoms with van der Waals surface area (Å²) < 4.78 is 2.31. The Morgan fingerprint density at radius 3 is 2.89 bits per heavy atom. The molecule has 0 aliphatic carbocycles. The van der Waals surface area contributed by atoms with Crippen molar-refractivity contribution in [1.82, 2.24) is 14.5 Å². The SMILES string of the molecule is CC(C)CC(N)Cn1c(=S)[nH]c(=O)c2[nH]ccc21. The number of fused-ring (bicyclic) bond motifs is 1. The molecule has 1 unspecified atom stereocenters. The Hall–Kier alpha value is -1.40. The average Bonchev–Trinajstić information content (AvgIpc) is 2.72. The third-order valence-corrected chi connectivity index (χ3v) is 3.22. The first-order valence-electron chi connectivity index (χ1n) is 6.05. The number of aromatic nitrogens is 3. The Kier molecular flexibility index (Phi) is 3.68. The first kappa shape index (κ1) is 13.0. The van der Waals surface area contributed by atoms with E-state index in [1.165, 1.54) is 0 Å². The lowest BCUT2D eigenvalue weighted by atomic mass is 10.0. The van der Waals surface area contributed by atoms with E-state index in [4.69, 9.17) is 18.0 Å². The maximum Gasteiger partial charge on any atom is 0.276 e. The molecule has 2 heterocycles. The van der Waals surface area contributed by atoms with Crippen LogP contribution in [-0.4, -0.2) is 20.6 Å². The van der Waals surface area contributed by atoms with Gasteiger partial charge in [0, 0.05) is 18.8 Å². The van der Waals surface area contributed by atoms with Crippen molar-refractivity contribution in [3.8, 4) is 0 Å². The van der Waals surface area contributed by atoms with Gasteiger partial charge in [-0.1, -0.05) is 13.8 Å². The molecule has 2 aromatic heterocycles. The lowest BCUT2D eigenvalue weighted by Crippen LogP contribution is -2.29. The summed E-state index contributed by atoms with van der Waals surface area (Å²) in [4.78, 5) is 17.3. The van der Waals surface area contributed by atoms with Crippen molar-refractivity contribution in [3.63, 3.8) is 0 Å². The molecule has 2 aromatic rings. The van der Waals surface area contributed by atoms with Gasteiger partial charge in [0.05, 0.1) is 5.52 Å². The largest absolute Gasteiger partial charge is 0.355 e. The molecule has 0 bridgehead atoms. The van der Waals surface area contributed by atoms with Gasteiger partial charge in [0.15, 0.2) is 4.77 Å². The Morgan fingerprint density at radius 1 is 1.50 bits per heavy atom. The van der Waals surface area contributed by atoms with E-state index in [2.05, 4.69) is 23.8 Å². The zero-order valence-corrected chi connectivity index (χ0v) is 11.4. The Labute approximate surface area is 110 Å². The number of rotatable bonds is 4. The molecule has 0 amide bonds. The van der Waals surface area contributed by atoms with Crippen molar-refractivity contribution in [2.75, 3.05) is 0 Å². The van der Waals surface area contributed by atoms with Gasteiger partial charge < -0.3 is 15.3 Å². The topological polar surface area (TPSA) is 79.6 Å². The maximum absolute atomic E-state index is 11.7. The van der Waals surface area contributed by atoms with Crippen LogP contribution < -0.4 is 11.3 Å². The van der Waals surface area contributed by atoms with Gasteiger partial charge in [-0.2, -0.15) is 0 Å². The fraction of sp³-hybridized carbons (Fsp3) is 0.500. The minimum Gasteiger partial charge on any atom is -0.355 e. The second-order valence-electron chi connectivity index (χ2n) is 5.00. The monoisotopic (exact) mass is 266 g/mol. The molecule has 0 saturated heterocycles. The van der Waals surface area contributed by atoms with Gasteiger partial charge in [0.2, 0.25) is 0 Å². The van der Waals surface area contributed by atoms with Crippen molar-refractivity contribution >= 4 is 23.3 Å². The molecular weight excluding hydrogens is 248 g/mol. The molecular formula is C12H18N4OS. The van der Waals surface area contributed by atoms with Crippen LogP contribution in [0.1, 0.15) is 20.3 Å². The van der Waals surface area contributed by atoms with Gasteiger partial charge in [-0.15, -0.1) is 0 Å². The molecule has 0 aliphatic rings. The highest BCUT2D eigenvalue weighted by Gasteiger charge is 2.11. The zero-order chi connectivity index (χ0) is 13.3. The normalized spacial score (nSPS) is 13.3. The molecule has 0 radical (unpaired) electrons. The van der Waals surface area contributed by atoms with Gasteiger partial charge in [-0.05, 0) is 30.6 Å². The molecule has 5 nitrogen and oxygen atoms in total. The van der Waals surface area contributed by atoms with Crippen LogP contribution in [0, 0.1) is 10.7 Å². The van der Waals surface area contributed by atoms with Gasteiger partial charge in [0.1, 0.15) is 5.52 Å². The fourth-order valence-corrected chi connectivity index (χ4v) is 2.47. The molecule has 98 valence electrons. The lowest BCUT2D eigenvalue weighted by molar-refractivity contribution is 0.448. The summed E-state index contributed by atoms with van der Waals surface area (Å²) in [6, 6.07) is 1.88. The number of nitrogens with two attached hydrogens (primary N) is 1. The minimum absolute atomic E-state index is 0.0284. The van der Waals surface area contributed by atoms with Crippen LogP contribution in [0.25, 0.3) is 11.0 Å². The van der Waals surface area contributed by atoms with Crippen LogP contribution in [0.2, 0.25) is 0 Å². The molecule has 0 saturated carbocycles. The first-order chi connectivity index (χ1) is 8.49. The van der Waals surface area contributed by atoms with E-state index in [1.807, 2.05) is 10.6 Å². The van der Waals surface area contributed by atoms with E-state index >= 15 is 0 Å². The molecule has 0 fully saturated rings. The second-order valence-corrected chi connectivity index (χ2v) is 5.38. The molecule has 4 N–H and O–H groups in total. The Morgan fingerprint density at radius 2 is 2.22 bits per heavy atom. The third-order valence-electron chi connectivity index (χ3n) is 2.90. The van der Waals surface area contributed by atoms with Gasteiger partial charge in [0.25, 0.3) is 5.56 Å². The van der Waals surface area contributed by atoms with Crippen molar-refractivity contribution in [3.05, 3.63) is 27.4 Å². The summed E-state index contributed by atoms with van der Waals surface area (Å²) in [5.41, 5.74) is 7.27. The molecule has 1 atom stereocenters. The van der Waals surface area contributed by atoms with Crippen LogP contribution in [0.5, 0.6) is 0 Å². The third kappa shape index (κ3) is 2.54. The van der Waals surface area contributed by atoms with Crippen LogP contribution in [0.4, 0.5) is 0 Å². The van der Waals surface area contributed by atoms with Crippen LogP contribution in [0.15, 0.2) is 17.1 Å². The Balaban J connectivity index is 2.42. The van der Waals surface area contributed by atoms with Gasteiger partial charge in [-0.25, -0.2) is 0 Å². The number of nitrogens with one attached hydrogen (secondary N) is 2. The summed E-state index contributed by atoms with van der Waals surface area (Å²) in [5, 5.41) is 0. The number of hydrogen-bond donors (Lipinski definition) is 3. The molecule has 18 heavy (non-hydrogen) atoms. The Bertz CT molecular complexity index is 652. The highest BCUT2D eigenvalue weighted by atomic mass is 32.1. The van der Waals surface area contributed by atoms with E-state index in [0.717, 1.165) is 11.9 Å². The minimum atomic E-state index is -0.186. The van der Waals surface area contributed by atoms with E-state index in [1.54, 1.807) is 6.20 Å². The molecule has 0 aromatic carbocycles. The van der Waals surface area contributed by atoms with Crippen molar-refractivity contribution in [1.29, 1.82) is 0 Å². The summed E-state index contributed by atoms with van der Waals surface area (Å²) in [6.07, 6.45) is 2.66. The number of nitrogens with zero attached hydrogens (tertiary/aromatic N) is 1. The van der Waals surface area contributed by atoms with E-state index in [9.17, 15) is 4.79 Å². The second kappa shape index (κ2) is 5.07. The molecule has 2 rings (SSSR count). The zero-order valence-electron chi connectivity index (χ0n) is 10.6.